The van der Waals surface area contributed by atoms with Crippen LogP contribution in [0.15, 0.2) is 23.1 Å². The van der Waals surface area contributed by atoms with Gasteiger partial charge in [-0.2, -0.15) is 4.31 Å². The van der Waals surface area contributed by atoms with Gasteiger partial charge in [-0.1, -0.05) is 0 Å². The second kappa shape index (κ2) is 7.17. The molecule has 4 rings (SSSR count). The minimum absolute atomic E-state index is 0.163. The topological polar surface area (TPSA) is 89.4 Å². The van der Waals surface area contributed by atoms with E-state index in [1.165, 1.54) is 23.5 Å². The van der Waals surface area contributed by atoms with E-state index in [-0.39, 0.29) is 16.6 Å². The lowest BCUT2D eigenvalue weighted by Crippen LogP contribution is -2.39. The summed E-state index contributed by atoms with van der Waals surface area (Å²) in [4.78, 5) is -0.312. The quantitative estimate of drug-likeness (QED) is 0.834. The van der Waals surface area contributed by atoms with Crippen molar-refractivity contribution in [2.75, 3.05) is 26.7 Å². The van der Waals surface area contributed by atoms with E-state index < -0.39 is 15.8 Å². The minimum atomic E-state index is -3.88. The van der Waals surface area contributed by atoms with Crippen molar-refractivity contribution in [3.05, 3.63) is 35.7 Å². The Balaban J connectivity index is 1.49. The van der Waals surface area contributed by atoms with E-state index in [2.05, 4.69) is 20.1 Å². The molecule has 0 unspecified atom stereocenters. The first kappa shape index (κ1) is 18.3. The fourth-order valence-corrected chi connectivity index (χ4v) is 5.24. The van der Waals surface area contributed by atoms with Crippen molar-refractivity contribution in [1.82, 2.24) is 24.4 Å². The summed E-state index contributed by atoms with van der Waals surface area (Å²) >= 11 is 0. The Labute approximate surface area is 157 Å². The molecule has 0 bridgehead atoms. The number of sulfonamides is 1. The minimum Gasteiger partial charge on any atom is -0.497 e. The van der Waals surface area contributed by atoms with Gasteiger partial charge in [0.2, 0.25) is 10.0 Å². The van der Waals surface area contributed by atoms with E-state index in [0.717, 1.165) is 30.8 Å². The fourth-order valence-electron chi connectivity index (χ4n) is 3.73. The number of hydrogen-bond acceptors (Lipinski definition) is 6. The van der Waals surface area contributed by atoms with Gasteiger partial charge in [0.05, 0.1) is 13.7 Å². The molecule has 0 radical (unpaired) electrons. The van der Waals surface area contributed by atoms with Crippen LogP contribution in [0, 0.1) is 5.82 Å². The van der Waals surface area contributed by atoms with Gasteiger partial charge in [-0.3, -0.25) is 0 Å². The monoisotopic (exact) mass is 395 g/mol. The van der Waals surface area contributed by atoms with Crippen LogP contribution < -0.4 is 10.1 Å². The number of halogens is 1. The normalized spacial score (nSPS) is 19.0. The van der Waals surface area contributed by atoms with E-state index in [1.54, 1.807) is 0 Å². The highest BCUT2D eigenvalue weighted by atomic mass is 32.2. The van der Waals surface area contributed by atoms with Crippen molar-refractivity contribution < 1.29 is 17.5 Å². The molecule has 146 valence electrons. The highest BCUT2D eigenvalue weighted by Crippen LogP contribution is 2.31. The Morgan fingerprint density at radius 3 is 2.70 bits per heavy atom. The predicted octanol–water partition coefficient (Wildman–Crippen LogP) is 1.10. The van der Waals surface area contributed by atoms with Crippen LogP contribution in [0.3, 0.4) is 0 Å². The molecule has 1 aromatic heterocycles. The number of methoxy groups -OCH3 is 1. The van der Waals surface area contributed by atoms with E-state index in [9.17, 15) is 12.8 Å². The van der Waals surface area contributed by atoms with Gasteiger partial charge < -0.3 is 14.6 Å². The maximum absolute atomic E-state index is 14.3. The second-order valence-corrected chi connectivity index (χ2v) is 8.68. The first-order chi connectivity index (χ1) is 13.0. The maximum Gasteiger partial charge on any atom is 0.245 e. The molecule has 1 N–H and O–H groups in total. The van der Waals surface area contributed by atoms with Crippen LogP contribution in [0.2, 0.25) is 0 Å². The van der Waals surface area contributed by atoms with Crippen LogP contribution >= 0.6 is 0 Å². The largest absolute Gasteiger partial charge is 0.497 e. The molecule has 0 atom stereocenters. The Bertz CT molecular complexity index is 938. The van der Waals surface area contributed by atoms with Gasteiger partial charge in [-0.15, -0.1) is 10.2 Å². The van der Waals surface area contributed by atoms with Crippen molar-refractivity contribution in [2.24, 2.45) is 0 Å². The lowest BCUT2D eigenvalue weighted by atomic mass is 9.97. The number of nitrogens with zero attached hydrogens (tertiary/aromatic N) is 4. The Kier molecular flexibility index (Phi) is 4.87. The van der Waals surface area contributed by atoms with E-state index in [1.807, 2.05) is 0 Å². The average Bonchev–Trinajstić information content (AvgIpc) is 3.12. The van der Waals surface area contributed by atoms with Gasteiger partial charge in [-0.05, 0) is 25.0 Å². The molecule has 8 nitrogen and oxygen atoms in total. The van der Waals surface area contributed by atoms with Crippen LogP contribution in [-0.4, -0.2) is 54.2 Å². The number of hydrogen-bond donors (Lipinski definition) is 1. The summed E-state index contributed by atoms with van der Waals surface area (Å²) in [5, 5.41) is 11.8. The molecule has 10 heteroatoms. The lowest BCUT2D eigenvalue weighted by molar-refractivity contribution is 0.306. The molecule has 0 saturated carbocycles. The third kappa shape index (κ3) is 3.32. The number of aromatic nitrogens is 3. The Morgan fingerprint density at radius 1 is 1.22 bits per heavy atom. The van der Waals surface area contributed by atoms with Gasteiger partial charge in [0.1, 0.15) is 28.1 Å². The van der Waals surface area contributed by atoms with Crippen molar-refractivity contribution in [1.29, 1.82) is 0 Å². The highest BCUT2D eigenvalue weighted by molar-refractivity contribution is 7.89. The molecular weight excluding hydrogens is 373 g/mol. The van der Waals surface area contributed by atoms with E-state index >= 15 is 0 Å². The predicted molar refractivity (Wildman–Crippen MR) is 95.4 cm³/mol. The summed E-state index contributed by atoms with van der Waals surface area (Å²) < 4.78 is 48.4. The number of fused-ring (bicyclic) bond motifs is 1. The molecule has 1 fully saturated rings. The van der Waals surface area contributed by atoms with Crippen molar-refractivity contribution in [2.45, 2.75) is 36.7 Å². The Morgan fingerprint density at radius 2 is 2.00 bits per heavy atom. The van der Waals surface area contributed by atoms with Crippen molar-refractivity contribution in [3.63, 3.8) is 0 Å². The van der Waals surface area contributed by atoms with Crippen molar-refractivity contribution in [3.8, 4) is 5.75 Å². The molecule has 1 saturated heterocycles. The van der Waals surface area contributed by atoms with Crippen LogP contribution in [0.4, 0.5) is 4.39 Å². The van der Waals surface area contributed by atoms with Crippen LogP contribution in [0.5, 0.6) is 5.75 Å². The summed E-state index contributed by atoms with van der Waals surface area (Å²) in [5.74, 6) is 1.51. The first-order valence-electron chi connectivity index (χ1n) is 8.97. The van der Waals surface area contributed by atoms with Crippen molar-refractivity contribution >= 4 is 10.0 Å². The number of rotatable bonds is 4. The maximum atomic E-state index is 14.3. The summed E-state index contributed by atoms with van der Waals surface area (Å²) in [6.07, 6.45) is 1.28. The van der Waals surface area contributed by atoms with Crippen LogP contribution in [-0.2, 0) is 23.1 Å². The number of piperidine rings is 1. The van der Waals surface area contributed by atoms with Gasteiger partial charge in [-0.25, -0.2) is 12.8 Å². The molecule has 27 heavy (non-hydrogen) atoms. The third-order valence-corrected chi connectivity index (χ3v) is 7.16. The smallest absolute Gasteiger partial charge is 0.245 e. The number of ether oxygens (including phenoxy) is 1. The molecule has 0 amide bonds. The van der Waals surface area contributed by atoms with E-state index in [0.29, 0.717) is 32.5 Å². The summed E-state index contributed by atoms with van der Waals surface area (Å²) in [5.41, 5.74) is 0. The van der Waals surface area contributed by atoms with E-state index in [4.69, 9.17) is 4.74 Å². The zero-order valence-electron chi connectivity index (χ0n) is 15.1. The molecule has 2 aliphatic heterocycles. The zero-order chi connectivity index (χ0) is 19.0. The first-order valence-corrected chi connectivity index (χ1v) is 10.4. The standard InChI is InChI=1S/C17H22FN5O3S/c1-26-13-2-3-15(14(18)10-13)27(24,25)22-7-4-12(5-8-22)17-21-20-16-11-19-6-9-23(16)17/h2-3,10,12,19H,4-9,11H2,1H3. The molecular formula is C17H22FN5O3S. The van der Waals surface area contributed by atoms with Gasteiger partial charge in [0.15, 0.2) is 0 Å². The van der Waals surface area contributed by atoms with Gasteiger partial charge in [0.25, 0.3) is 0 Å². The fraction of sp³-hybridized carbons (Fsp3) is 0.529. The molecule has 2 aromatic rings. The molecule has 1 aromatic carbocycles. The molecule has 3 heterocycles. The third-order valence-electron chi connectivity index (χ3n) is 5.23. The van der Waals surface area contributed by atoms with Crippen LogP contribution in [0.25, 0.3) is 0 Å². The Hall–Kier alpha value is -2.04. The highest BCUT2D eigenvalue weighted by Gasteiger charge is 2.34. The number of nitrogens with one attached hydrogen (secondary N) is 1. The second-order valence-electron chi connectivity index (χ2n) is 6.78. The average molecular weight is 395 g/mol. The summed E-state index contributed by atoms with van der Waals surface area (Å²) in [6, 6.07) is 3.81. The number of benzene rings is 1. The molecule has 2 aliphatic rings. The SMILES string of the molecule is COc1ccc(S(=O)(=O)N2CCC(c3nnc4n3CCNC4)CC2)c(F)c1. The molecule has 0 aliphatic carbocycles. The van der Waals surface area contributed by atoms with Crippen LogP contribution in [0.1, 0.15) is 30.4 Å². The van der Waals surface area contributed by atoms with Gasteiger partial charge in [0, 0.05) is 38.2 Å². The zero-order valence-corrected chi connectivity index (χ0v) is 15.9. The summed E-state index contributed by atoms with van der Waals surface area (Å²) in [7, 11) is -2.47. The van der Waals surface area contributed by atoms with Gasteiger partial charge >= 0.3 is 0 Å². The summed E-state index contributed by atoms with van der Waals surface area (Å²) in [6.45, 7) is 3.07. The molecule has 0 spiro atoms. The lowest BCUT2D eigenvalue weighted by Gasteiger charge is -2.31.